The van der Waals surface area contributed by atoms with Gasteiger partial charge in [0.2, 0.25) is 0 Å². The van der Waals surface area contributed by atoms with Crippen LogP contribution in [-0.4, -0.2) is 18.4 Å². The fourth-order valence-electron chi connectivity index (χ4n) is 3.32. The number of esters is 1. The van der Waals surface area contributed by atoms with Crippen LogP contribution in [0.15, 0.2) is 18.2 Å². The van der Waals surface area contributed by atoms with Crippen molar-refractivity contribution in [3.63, 3.8) is 0 Å². The number of ether oxygens (including phenoxy) is 1. The van der Waals surface area contributed by atoms with Gasteiger partial charge in [-0.3, -0.25) is 9.59 Å². The summed E-state index contributed by atoms with van der Waals surface area (Å²) in [6.45, 7) is 3.87. The molecule has 2 aliphatic carbocycles. The van der Waals surface area contributed by atoms with Crippen LogP contribution in [0, 0.1) is 11.8 Å². The average Bonchev–Trinajstić information content (AvgIpc) is 2.92. The summed E-state index contributed by atoms with van der Waals surface area (Å²) in [5, 5.41) is 0. The molecule has 0 amide bonds. The van der Waals surface area contributed by atoms with E-state index in [0.29, 0.717) is 18.4 Å². The van der Waals surface area contributed by atoms with Gasteiger partial charge in [0.1, 0.15) is 0 Å². The molecule has 3 heteroatoms. The first kappa shape index (κ1) is 11.5. The Morgan fingerprint density at radius 2 is 2.17 bits per heavy atom. The highest BCUT2D eigenvalue weighted by Crippen LogP contribution is 2.62. The lowest BCUT2D eigenvalue weighted by molar-refractivity contribution is -0.145. The minimum Gasteiger partial charge on any atom is -0.466 e. The number of hydrogen-bond acceptors (Lipinski definition) is 3. The van der Waals surface area contributed by atoms with Gasteiger partial charge in [0.05, 0.1) is 12.5 Å². The van der Waals surface area contributed by atoms with Gasteiger partial charge >= 0.3 is 5.97 Å². The second-order valence-corrected chi connectivity index (χ2v) is 5.10. The highest BCUT2D eigenvalue weighted by atomic mass is 16.5. The van der Waals surface area contributed by atoms with Crippen molar-refractivity contribution in [2.24, 2.45) is 11.8 Å². The highest BCUT2D eigenvalue weighted by molar-refractivity contribution is 5.96. The van der Waals surface area contributed by atoms with Gasteiger partial charge in [-0.25, -0.2) is 0 Å². The first-order chi connectivity index (χ1) is 8.65. The zero-order valence-corrected chi connectivity index (χ0v) is 10.6. The van der Waals surface area contributed by atoms with Gasteiger partial charge in [-0.2, -0.15) is 0 Å². The first-order valence-electron chi connectivity index (χ1n) is 6.44. The number of rotatable bonds is 3. The topological polar surface area (TPSA) is 43.4 Å². The molecule has 3 atom stereocenters. The van der Waals surface area contributed by atoms with E-state index in [0.717, 1.165) is 17.5 Å². The molecule has 0 saturated heterocycles. The van der Waals surface area contributed by atoms with Gasteiger partial charge in [0, 0.05) is 11.5 Å². The van der Waals surface area contributed by atoms with E-state index >= 15 is 0 Å². The number of carbonyl (C=O) groups excluding carboxylic acids is 2. The summed E-state index contributed by atoms with van der Waals surface area (Å²) in [7, 11) is 0. The molecule has 1 aromatic rings. The predicted octanol–water partition coefficient (Wildman–Crippen LogP) is 2.34. The molecular formula is C15H16O3. The minimum atomic E-state index is -0.0774. The molecule has 0 spiro atoms. The number of carbonyl (C=O) groups is 2. The van der Waals surface area contributed by atoms with Crippen LogP contribution in [0.4, 0.5) is 0 Å². The molecule has 0 radical (unpaired) electrons. The van der Waals surface area contributed by atoms with Crippen LogP contribution in [0.3, 0.4) is 0 Å². The third kappa shape index (κ3) is 1.50. The van der Waals surface area contributed by atoms with E-state index in [1.807, 2.05) is 25.1 Å². The Bertz CT molecular complexity index is 533. The van der Waals surface area contributed by atoms with E-state index in [9.17, 15) is 9.59 Å². The Labute approximate surface area is 106 Å². The molecule has 0 aliphatic heterocycles. The van der Waals surface area contributed by atoms with E-state index in [1.54, 1.807) is 6.92 Å². The number of benzene rings is 1. The Morgan fingerprint density at radius 3 is 2.83 bits per heavy atom. The molecule has 0 N–H and O–H groups in total. The molecule has 18 heavy (non-hydrogen) atoms. The van der Waals surface area contributed by atoms with E-state index in [-0.39, 0.29) is 17.7 Å². The molecule has 2 aliphatic rings. The van der Waals surface area contributed by atoms with Crippen LogP contribution in [-0.2, 0) is 16.0 Å². The quantitative estimate of drug-likeness (QED) is 0.605. The molecule has 1 saturated carbocycles. The number of fused-ring (bicyclic) bond motifs is 3. The summed E-state index contributed by atoms with van der Waals surface area (Å²) < 4.78 is 5.09. The van der Waals surface area contributed by atoms with Gasteiger partial charge in [0.25, 0.3) is 0 Å². The fraction of sp³-hybridized carbons (Fsp3) is 0.467. The summed E-state index contributed by atoms with van der Waals surface area (Å²) in [6.07, 6.45) is 0.846. The van der Waals surface area contributed by atoms with Gasteiger partial charge in [-0.1, -0.05) is 18.2 Å². The Kier molecular flexibility index (Phi) is 2.51. The summed E-state index contributed by atoms with van der Waals surface area (Å²) in [5.41, 5.74) is 3.16. The van der Waals surface area contributed by atoms with Crippen LogP contribution >= 0.6 is 0 Å². The second-order valence-electron chi connectivity index (χ2n) is 5.10. The molecule has 3 rings (SSSR count). The van der Waals surface area contributed by atoms with Gasteiger partial charge < -0.3 is 4.74 Å². The maximum Gasteiger partial charge on any atom is 0.309 e. The molecule has 0 bridgehead atoms. The lowest BCUT2D eigenvalue weighted by atomic mass is 9.95. The van der Waals surface area contributed by atoms with E-state index in [2.05, 4.69) is 0 Å². The van der Waals surface area contributed by atoms with Crippen LogP contribution < -0.4 is 0 Å². The zero-order chi connectivity index (χ0) is 12.9. The molecule has 1 unspecified atom stereocenters. The standard InChI is InChI=1S/C15H16O3/c1-3-18-15(17)14-12-7-11-9(8(2)16)5-4-6-10(11)13(12)14/h4-6,12-14H,3,7H2,1-2H3/t12-,13+,14?/m1/s1. The number of hydrogen-bond donors (Lipinski definition) is 0. The predicted molar refractivity (Wildman–Crippen MR) is 66.5 cm³/mol. The first-order valence-corrected chi connectivity index (χ1v) is 6.44. The maximum atomic E-state index is 11.8. The monoisotopic (exact) mass is 244 g/mol. The molecule has 1 fully saturated rings. The van der Waals surface area contributed by atoms with Crippen molar-refractivity contribution in [2.75, 3.05) is 6.61 Å². The normalized spacial score (nSPS) is 27.3. The van der Waals surface area contributed by atoms with E-state index in [4.69, 9.17) is 4.74 Å². The molecular weight excluding hydrogens is 228 g/mol. The van der Waals surface area contributed by atoms with Crippen LogP contribution in [0.2, 0.25) is 0 Å². The molecule has 94 valence electrons. The lowest BCUT2D eigenvalue weighted by Gasteiger charge is -2.10. The maximum absolute atomic E-state index is 11.8. The van der Waals surface area contributed by atoms with Crippen molar-refractivity contribution in [3.05, 3.63) is 34.9 Å². The summed E-state index contributed by atoms with van der Waals surface area (Å²) in [5.74, 6) is 0.713. The number of Topliss-reactive ketones (excluding diaryl/α,β-unsaturated/α-hetero) is 1. The smallest absolute Gasteiger partial charge is 0.309 e. The third-order valence-electron chi connectivity index (χ3n) is 4.12. The molecule has 1 aromatic carbocycles. The summed E-state index contributed by atoms with van der Waals surface area (Å²) in [4.78, 5) is 23.3. The van der Waals surface area contributed by atoms with Crippen molar-refractivity contribution in [2.45, 2.75) is 26.2 Å². The summed E-state index contributed by atoms with van der Waals surface area (Å²) >= 11 is 0. The average molecular weight is 244 g/mol. The van der Waals surface area contributed by atoms with Gasteiger partial charge in [-0.05, 0) is 37.3 Å². The van der Waals surface area contributed by atoms with Gasteiger partial charge in [-0.15, -0.1) is 0 Å². The zero-order valence-electron chi connectivity index (χ0n) is 10.6. The second kappa shape index (κ2) is 3.94. The Balaban J connectivity index is 1.89. The SMILES string of the molecule is CCOC(=O)C1[C@H]2c3cccc(C(C)=O)c3C[C@@H]12. The molecule has 0 aromatic heterocycles. The minimum absolute atomic E-state index is 0.0275. The van der Waals surface area contributed by atoms with Crippen LogP contribution in [0.25, 0.3) is 0 Å². The summed E-state index contributed by atoms with van der Waals surface area (Å²) in [6, 6.07) is 5.84. The van der Waals surface area contributed by atoms with Crippen LogP contribution in [0.5, 0.6) is 0 Å². The molecule has 0 heterocycles. The van der Waals surface area contributed by atoms with Crippen LogP contribution in [0.1, 0.15) is 41.3 Å². The number of ketones is 1. The van der Waals surface area contributed by atoms with Crippen molar-refractivity contribution in [3.8, 4) is 0 Å². The third-order valence-corrected chi connectivity index (χ3v) is 4.12. The van der Waals surface area contributed by atoms with Crippen molar-refractivity contribution < 1.29 is 14.3 Å². The van der Waals surface area contributed by atoms with Gasteiger partial charge in [0.15, 0.2) is 5.78 Å². The fourth-order valence-corrected chi connectivity index (χ4v) is 3.32. The van der Waals surface area contributed by atoms with E-state index in [1.165, 1.54) is 5.56 Å². The molecule has 3 nitrogen and oxygen atoms in total. The van der Waals surface area contributed by atoms with E-state index < -0.39 is 0 Å². The lowest BCUT2D eigenvalue weighted by Crippen LogP contribution is -2.12. The Hall–Kier alpha value is -1.64. The van der Waals surface area contributed by atoms with Crippen molar-refractivity contribution in [1.29, 1.82) is 0 Å². The van der Waals surface area contributed by atoms with Crippen molar-refractivity contribution >= 4 is 11.8 Å². The van der Waals surface area contributed by atoms with Crippen molar-refractivity contribution in [1.82, 2.24) is 0 Å². The Morgan fingerprint density at radius 1 is 1.39 bits per heavy atom. The largest absolute Gasteiger partial charge is 0.466 e. The highest BCUT2D eigenvalue weighted by Gasteiger charge is 2.60.